The van der Waals surface area contributed by atoms with Crippen LogP contribution >= 0.6 is 0 Å². The molecule has 1 N–H and O–H groups in total. The van der Waals surface area contributed by atoms with Gasteiger partial charge in [0, 0.05) is 11.5 Å². The fraction of sp³-hybridized carbons (Fsp3) is 0.500. The van der Waals surface area contributed by atoms with E-state index in [1.54, 1.807) is 7.11 Å². The lowest BCUT2D eigenvalue weighted by Gasteiger charge is -2.30. The second-order valence-corrected chi connectivity index (χ2v) is 11.9. The second kappa shape index (κ2) is 12.6. The van der Waals surface area contributed by atoms with Crippen LogP contribution in [0.3, 0.4) is 0 Å². The lowest BCUT2D eigenvalue weighted by atomic mass is 9.75. The van der Waals surface area contributed by atoms with E-state index in [4.69, 9.17) is 9.47 Å². The van der Waals surface area contributed by atoms with Crippen molar-refractivity contribution in [2.75, 3.05) is 14.2 Å². The first-order valence-electron chi connectivity index (χ1n) is 15.1. The number of aliphatic hydroxyl groups is 1. The summed E-state index contributed by atoms with van der Waals surface area (Å²) in [6, 6.07) is 17.9. The first kappa shape index (κ1) is 27.8. The van der Waals surface area contributed by atoms with Gasteiger partial charge in [-0.05, 0) is 102 Å². The number of hydrogen-bond acceptors (Lipinski definition) is 3. The lowest BCUT2D eigenvalue weighted by Crippen LogP contribution is -2.14. The Bertz CT molecular complexity index is 1190. The number of aryl methyl sites for hydroxylation is 2. The Labute approximate surface area is 235 Å². The van der Waals surface area contributed by atoms with Crippen molar-refractivity contribution in [1.29, 1.82) is 0 Å². The summed E-state index contributed by atoms with van der Waals surface area (Å²) in [5.41, 5.74) is 10.1. The number of benzene rings is 3. The minimum Gasteiger partial charge on any atom is -0.496 e. The molecule has 0 saturated heterocycles. The van der Waals surface area contributed by atoms with Gasteiger partial charge < -0.3 is 14.6 Å². The standard InChI is InChI=1S/C36H46O3/c1-24-19-28(23-37)32(26-13-7-5-8-14-26)21-30(24)36(29-17-11-12-18-34(29)38-3)31-22-33(27-15-9-6-10-16-27)35(39-4)20-25(31)2/h11-12,17-22,26-27,36-37H,5-10,13-16,23H2,1-4H3. The summed E-state index contributed by atoms with van der Waals surface area (Å²) in [6.07, 6.45) is 12.7. The second-order valence-electron chi connectivity index (χ2n) is 11.9. The van der Waals surface area contributed by atoms with Crippen molar-refractivity contribution in [2.45, 2.75) is 102 Å². The van der Waals surface area contributed by atoms with Crippen LogP contribution in [0, 0.1) is 13.8 Å². The molecule has 2 aliphatic rings. The predicted molar refractivity (Wildman–Crippen MR) is 160 cm³/mol. The molecule has 3 aromatic rings. The average molecular weight is 527 g/mol. The van der Waals surface area contributed by atoms with Gasteiger partial charge in [-0.15, -0.1) is 0 Å². The molecule has 39 heavy (non-hydrogen) atoms. The van der Waals surface area contributed by atoms with E-state index in [0.29, 0.717) is 11.8 Å². The van der Waals surface area contributed by atoms with Gasteiger partial charge in [0.15, 0.2) is 0 Å². The van der Waals surface area contributed by atoms with Gasteiger partial charge >= 0.3 is 0 Å². The Morgan fingerprint density at radius 2 is 1.21 bits per heavy atom. The highest BCUT2D eigenvalue weighted by molar-refractivity contribution is 5.57. The van der Waals surface area contributed by atoms with Gasteiger partial charge in [-0.3, -0.25) is 0 Å². The molecule has 5 rings (SSSR count). The minimum atomic E-state index is 0.0319. The van der Waals surface area contributed by atoms with E-state index in [1.807, 2.05) is 7.11 Å². The molecular formula is C36H46O3. The molecule has 2 fully saturated rings. The van der Waals surface area contributed by atoms with Crippen molar-refractivity contribution >= 4 is 0 Å². The van der Waals surface area contributed by atoms with Crippen molar-refractivity contribution < 1.29 is 14.6 Å². The van der Waals surface area contributed by atoms with Crippen molar-refractivity contribution in [3.05, 3.63) is 93.0 Å². The first-order chi connectivity index (χ1) is 19.0. The van der Waals surface area contributed by atoms with Gasteiger partial charge in [0.25, 0.3) is 0 Å². The summed E-state index contributed by atoms with van der Waals surface area (Å²) in [5.74, 6) is 3.04. The van der Waals surface area contributed by atoms with Crippen LogP contribution < -0.4 is 9.47 Å². The van der Waals surface area contributed by atoms with Crippen LogP contribution in [0.4, 0.5) is 0 Å². The highest BCUT2D eigenvalue weighted by Crippen LogP contribution is 2.46. The molecule has 0 heterocycles. The van der Waals surface area contributed by atoms with Crippen molar-refractivity contribution in [3.63, 3.8) is 0 Å². The summed E-state index contributed by atoms with van der Waals surface area (Å²) >= 11 is 0. The molecule has 0 aliphatic heterocycles. The predicted octanol–water partition coefficient (Wildman–Crippen LogP) is 9.09. The Morgan fingerprint density at radius 1 is 0.667 bits per heavy atom. The van der Waals surface area contributed by atoms with Gasteiger partial charge in [0.2, 0.25) is 0 Å². The summed E-state index contributed by atoms with van der Waals surface area (Å²) in [5, 5.41) is 10.4. The summed E-state index contributed by atoms with van der Waals surface area (Å²) in [4.78, 5) is 0. The van der Waals surface area contributed by atoms with Crippen LogP contribution in [0.1, 0.15) is 126 Å². The largest absolute Gasteiger partial charge is 0.496 e. The number of methoxy groups -OCH3 is 2. The number of hydrogen-bond donors (Lipinski definition) is 1. The smallest absolute Gasteiger partial charge is 0.123 e. The summed E-state index contributed by atoms with van der Waals surface area (Å²) < 4.78 is 11.9. The maximum Gasteiger partial charge on any atom is 0.123 e. The Hall–Kier alpha value is -2.78. The third kappa shape index (κ3) is 5.75. The molecule has 3 aromatic carbocycles. The molecule has 1 atom stereocenters. The summed E-state index contributed by atoms with van der Waals surface area (Å²) in [6.45, 7) is 4.53. The number of rotatable bonds is 8. The molecule has 1 unspecified atom stereocenters. The monoisotopic (exact) mass is 526 g/mol. The zero-order valence-corrected chi connectivity index (χ0v) is 24.4. The molecule has 0 spiro atoms. The molecule has 0 radical (unpaired) electrons. The molecule has 2 aliphatic carbocycles. The number of ether oxygens (including phenoxy) is 2. The van der Waals surface area contributed by atoms with E-state index in [-0.39, 0.29) is 12.5 Å². The van der Waals surface area contributed by atoms with Crippen molar-refractivity contribution in [1.82, 2.24) is 0 Å². The van der Waals surface area contributed by atoms with Crippen LogP contribution in [0.25, 0.3) is 0 Å². The first-order valence-corrected chi connectivity index (χ1v) is 15.1. The van der Waals surface area contributed by atoms with Crippen LogP contribution in [-0.4, -0.2) is 19.3 Å². The van der Waals surface area contributed by atoms with E-state index < -0.39 is 0 Å². The van der Waals surface area contributed by atoms with E-state index >= 15 is 0 Å². The van der Waals surface area contributed by atoms with E-state index in [2.05, 4.69) is 62.4 Å². The number of aliphatic hydroxyl groups excluding tert-OH is 1. The summed E-state index contributed by atoms with van der Waals surface area (Å²) in [7, 11) is 3.59. The maximum atomic E-state index is 10.4. The fourth-order valence-corrected chi connectivity index (χ4v) is 7.39. The van der Waals surface area contributed by atoms with Crippen molar-refractivity contribution in [2.24, 2.45) is 0 Å². The van der Waals surface area contributed by atoms with Crippen LogP contribution in [-0.2, 0) is 6.61 Å². The fourth-order valence-electron chi connectivity index (χ4n) is 7.39. The Morgan fingerprint density at radius 3 is 1.79 bits per heavy atom. The zero-order valence-electron chi connectivity index (χ0n) is 24.4. The third-order valence-electron chi connectivity index (χ3n) is 9.48. The molecule has 0 bridgehead atoms. The molecule has 0 amide bonds. The highest BCUT2D eigenvalue weighted by Gasteiger charge is 2.29. The normalized spacial score (nSPS) is 17.7. The average Bonchev–Trinajstić information content (AvgIpc) is 2.99. The van der Waals surface area contributed by atoms with Gasteiger partial charge in [-0.1, -0.05) is 74.9 Å². The molecule has 0 aromatic heterocycles. The molecule has 2 saturated carbocycles. The topological polar surface area (TPSA) is 38.7 Å². The van der Waals surface area contributed by atoms with Crippen LogP contribution in [0.5, 0.6) is 11.5 Å². The number of para-hydroxylation sites is 1. The molecule has 3 nitrogen and oxygen atoms in total. The highest BCUT2D eigenvalue weighted by atomic mass is 16.5. The Kier molecular flexibility index (Phi) is 8.97. The van der Waals surface area contributed by atoms with Gasteiger partial charge in [0.05, 0.1) is 20.8 Å². The minimum absolute atomic E-state index is 0.0319. The quantitative estimate of drug-likeness (QED) is 0.298. The molecule has 208 valence electrons. The van der Waals surface area contributed by atoms with E-state index in [1.165, 1.54) is 103 Å². The zero-order chi connectivity index (χ0) is 27.4. The van der Waals surface area contributed by atoms with Crippen LogP contribution in [0.2, 0.25) is 0 Å². The third-order valence-corrected chi connectivity index (χ3v) is 9.48. The SMILES string of the molecule is COc1cc(C)c(C(c2cc(C3CCCCC3)c(CO)cc2C)c2ccccc2OC)cc1C1CCCCC1. The Balaban J connectivity index is 1.73. The van der Waals surface area contributed by atoms with Gasteiger partial charge in [0.1, 0.15) is 11.5 Å². The van der Waals surface area contributed by atoms with Gasteiger partial charge in [-0.25, -0.2) is 0 Å². The maximum absolute atomic E-state index is 10.4. The van der Waals surface area contributed by atoms with Crippen molar-refractivity contribution in [3.8, 4) is 11.5 Å². The van der Waals surface area contributed by atoms with E-state index in [0.717, 1.165) is 17.1 Å². The van der Waals surface area contributed by atoms with Crippen LogP contribution in [0.15, 0.2) is 48.5 Å². The van der Waals surface area contributed by atoms with E-state index in [9.17, 15) is 5.11 Å². The lowest BCUT2D eigenvalue weighted by molar-refractivity contribution is 0.278. The molecular weight excluding hydrogens is 480 g/mol. The molecule has 3 heteroatoms. The van der Waals surface area contributed by atoms with Gasteiger partial charge in [-0.2, -0.15) is 0 Å².